The molecule has 18 heavy (non-hydrogen) atoms. The molecule has 0 aliphatic rings. The van der Waals surface area contributed by atoms with Gasteiger partial charge in [0.2, 0.25) is 5.95 Å². The summed E-state index contributed by atoms with van der Waals surface area (Å²) in [5.41, 5.74) is 1.10. The van der Waals surface area contributed by atoms with Gasteiger partial charge in [-0.05, 0) is 27.2 Å². The zero-order chi connectivity index (χ0) is 13.4. The molecular weight excluding hydrogens is 224 g/mol. The summed E-state index contributed by atoms with van der Waals surface area (Å²) in [6.45, 7) is 9.37. The van der Waals surface area contributed by atoms with Crippen LogP contribution in [0.2, 0.25) is 0 Å². The average Bonchev–Trinajstić information content (AvgIpc) is 2.34. The molecule has 1 atom stereocenters. The normalized spacial score (nSPS) is 12.2. The molecule has 4 nitrogen and oxygen atoms in total. The van der Waals surface area contributed by atoms with Crippen molar-refractivity contribution in [3.63, 3.8) is 0 Å². The predicted molar refractivity (Wildman–Crippen MR) is 78.2 cm³/mol. The van der Waals surface area contributed by atoms with E-state index in [1.54, 1.807) is 0 Å². The number of aryl methyl sites for hydroxylation is 1. The topological polar surface area (TPSA) is 49.8 Å². The SMILES string of the molecule is CCCCCC(C)Nc1nc(NCC)ncc1C. The Bertz CT molecular complexity index is 352. The molecule has 0 radical (unpaired) electrons. The molecule has 102 valence electrons. The molecule has 0 spiro atoms. The van der Waals surface area contributed by atoms with Gasteiger partial charge in [-0.3, -0.25) is 0 Å². The second kappa shape index (κ2) is 7.90. The molecule has 0 saturated heterocycles. The van der Waals surface area contributed by atoms with Crippen LogP contribution in [0, 0.1) is 6.92 Å². The Hall–Kier alpha value is -1.32. The third-order valence-corrected chi connectivity index (χ3v) is 2.93. The summed E-state index contributed by atoms with van der Waals surface area (Å²) in [6, 6.07) is 0.458. The van der Waals surface area contributed by atoms with Crippen LogP contribution < -0.4 is 10.6 Å². The first-order valence-electron chi connectivity index (χ1n) is 7.01. The van der Waals surface area contributed by atoms with Crippen LogP contribution in [0.5, 0.6) is 0 Å². The lowest BCUT2D eigenvalue weighted by atomic mass is 10.1. The molecular formula is C14H26N4. The van der Waals surface area contributed by atoms with E-state index in [9.17, 15) is 0 Å². The maximum absolute atomic E-state index is 4.50. The highest BCUT2D eigenvalue weighted by atomic mass is 15.1. The lowest BCUT2D eigenvalue weighted by molar-refractivity contribution is 0.613. The van der Waals surface area contributed by atoms with Crippen molar-refractivity contribution in [1.29, 1.82) is 0 Å². The van der Waals surface area contributed by atoms with E-state index < -0.39 is 0 Å². The minimum Gasteiger partial charge on any atom is -0.367 e. The number of unbranched alkanes of at least 4 members (excludes halogenated alkanes) is 2. The van der Waals surface area contributed by atoms with E-state index in [0.717, 1.165) is 17.9 Å². The first-order valence-corrected chi connectivity index (χ1v) is 7.01. The predicted octanol–water partition coefficient (Wildman–Crippen LogP) is 3.60. The monoisotopic (exact) mass is 250 g/mol. The second-order valence-electron chi connectivity index (χ2n) is 4.80. The molecule has 0 aromatic carbocycles. The number of anilines is 2. The van der Waals surface area contributed by atoms with Crippen molar-refractivity contribution in [2.75, 3.05) is 17.2 Å². The van der Waals surface area contributed by atoms with Crippen LogP contribution in [-0.4, -0.2) is 22.6 Å². The Morgan fingerprint density at radius 1 is 1.28 bits per heavy atom. The maximum Gasteiger partial charge on any atom is 0.224 e. The number of hydrogen-bond donors (Lipinski definition) is 2. The Morgan fingerprint density at radius 2 is 2.06 bits per heavy atom. The zero-order valence-corrected chi connectivity index (χ0v) is 12.1. The van der Waals surface area contributed by atoms with Crippen LogP contribution >= 0.6 is 0 Å². The molecule has 1 aromatic rings. The van der Waals surface area contributed by atoms with Crippen molar-refractivity contribution >= 4 is 11.8 Å². The van der Waals surface area contributed by atoms with Gasteiger partial charge in [0.05, 0.1) is 0 Å². The van der Waals surface area contributed by atoms with Gasteiger partial charge < -0.3 is 10.6 Å². The summed E-state index contributed by atoms with van der Waals surface area (Å²) in [5, 5.41) is 6.62. The minimum atomic E-state index is 0.458. The molecule has 0 bridgehead atoms. The molecule has 1 aromatic heterocycles. The lowest BCUT2D eigenvalue weighted by Crippen LogP contribution is -2.17. The lowest BCUT2D eigenvalue weighted by Gasteiger charge is -2.16. The zero-order valence-electron chi connectivity index (χ0n) is 12.1. The van der Waals surface area contributed by atoms with Crippen LogP contribution in [0.25, 0.3) is 0 Å². The third-order valence-electron chi connectivity index (χ3n) is 2.93. The van der Waals surface area contributed by atoms with Gasteiger partial charge in [-0.2, -0.15) is 4.98 Å². The van der Waals surface area contributed by atoms with Gasteiger partial charge in [-0.1, -0.05) is 26.2 Å². The summed E-state index contributed by atoms with van der Waals surface area (Å²) in [4.78, 5) is 8.75. The Morgan fingerprint density at radius 3 is 2.72 bits per heavy atom. The highest BCUT2D eigenvalue weighted by molar-refractivity contribution is 5.46. The highest BCUT2D eigenvalue weighted by Crippen LogP contribution is 2.15. The van der Waals surface area contributed by atoms with Crippen molar-refractivity contribution in [1.82, 2.24) is 9.97 Å². The number of nitrogens with one attached hydrogen (secondary N) is 2. The van der Waals surface area contributed by atoms with Crippen LogP contribution in [0.3, 0.4) is 0 Å². The Labute approximate surface area is 111 Å². The third kappa shape index (κ3) is 4.90. The van der Waals surface area contributed by atoms with Gasteiger partial charge in [-0.15, -0.1) is 0 Å². The molecule has 1 unspecified atom stereocenters. The molecule has 0 fully saturated rings. The summed E-state index contributed by atoms with van der Waals surface area (Å²) >= 11 is 0. The van der Waals surface area contributed by atoms with Crippen LogP contribution in [0.4, 0.5) is 11.8 Å². The molecule has 0 aliphatic carbocycles. The molecule has 0 amide bonds. The summed E-state index contributed by atoms with van der Waals surface area (Å²) in [5.74, 6) is 1.65. The van der Waals surface area contributed by atoms with Gasteiger partial charge in [0.25, 0.3) is 0 Å². The maximum atomic E-state index is 4.50. The fourth-order valence-electron chi connectivity index (χ4n) is 1.84. The van der Waals surface area contributed by atoms with E-state index >= 15 is 0 Å². The molecule has 2 N–H and O–H groups in total. The fraction of sp³-hybridized carbons (Fsp3) is 0.714. The van der Waals surface area contributed by atoms with E-state index in [4.69, 9.17) is 0 Å². The van der Waals surface area contributed by atoms with E-state index in [1.807, 2.05) is 20.0 Å². The van der Waals surface area contributed by atoms with E-state index in [1.165, 1.54) is 25.7 Å². The van der Waals surface area contributed by atoms with Crippen molar-refractivity contribution in [2.45, 2.75) is 59.4 Å². The quantitative estimate of drug-likeness (QED) is 0.692. The van der Waals surface area contributed by atoms with Gasteiger partial charge in [0.1, 0.15) is 5.82 Å². The standard InChI is InChI=1S/C14H26N4/c1-5-7-8-9-12(4)17-13-11(3)10-16-14(18-13)15-6-2/h10,12H,5-9H2,1-4H3,(H2,15,16,17,18). The van der Waals surface area contributed by atoms with Gasteiger partial charge in [0, 0.05) is 24.3 Å². The molecule has 0 aliphatic heterocycles. The smallest absolute Gasteiger partial charge is 0.224 e. The van der Waals surface area contributed by atoms with Crippen molar-refractivity contribution in [3.8, 4) is 0 Å². The summed E-state index contributed by atoms with van der Waals surface area (Å²) in [7, 11) is 0. The van der Waals surface area contributed by atoms with Crippen molar-refractivity contribution < 1.29 is 0 Å². The van der Waals surface area contributed by atoms with Crippen molar-refractivity contribution in [2.24, 2.45) is 0 Å². The number of hydrogen-bond acceptors (Lipinski definition) is 4. The van der Waals surface area contributed by atoms with E-state index in [-0.39, 0.29) is 0 Å². The van der Waals surface area contributed by atoms with Crippen LogP contribution in [0.15, 0.2) is 6.20 Å². The number of rotatable bonds is 8. The number of aromatic nitrogens is 2. The summed E-state index contributed by atoms with van der Waals surface area (Å²) in [6.07, 6.45) is 6.90. The fourth-order valence-corrected chi connectivity index (χ4v) is 1.84. The molecule has 1 rings (SSSR count). The summed E-state index contributed by atoms with van der Waals surface area (Å²) < 4.78 is 0. The Balaban J connectivity index is 2.56. The van der Waals surface area contributed by atoms with Crippen molar-refractivity contribution in [3.05, 3.63) is 11.8 Å². The van der Waals surface area contributed by atoms with Gasteiger partial charge >= 0.3 is 0 Å². The van der Waals surface area contributed by atoms with Gasteiger partial charge in [-0.25, -0.2) is 4.98 Å². The van der Waals surface area contributed by atoms with Crippen LogP contribution in [-0.2, 0) is 0 Å². The first kappa shape index (κ1) is 14.7. The van der Waals surface area contributed by atoms with Gasteiger partial charge in [0.15, 0.2) is 0 Å². The number of nitrogens with zero attached hydrogens (tertiary/aromatic N) is 2. The molecule has 4 heteroatoms. The second-order valence-corrected chi connectivity index (χ2v) is 4.80. The minimum absolute atomic E-state index is 0.458. The largest absolute Gasteiger partial charge is 0.367 e. The van der Waals surface area contributed by atoms with Crippen LogP contribution in [0.1, 0.15) is 52.0 Å². The average molecular weight is 250 g/mol. The molecule has 0 saturated carbocycles. The molecule has 1 heterocycles. The van der Waals surface area contributed by atoms with E-state index in [0.29, 0.717) is 12.0 Å². The Kier molecular flexibility index (Phi) is 6.47. The first-order chi connectivity index (χ1) is 8.67. The highest BCUT2D eigenvalue weighted by Gasteiger charge is 2.07. The van der Waals surface area contributed by atoms with E-state index in [2.05, 4.69) is 34.4 Å².